The molecule has 4 amide bonds. The summed E-state index contributed by atoms with van der Waals surface area (Å²) in [5.74, 6) is -1.77. The Labute approximate surface area is 218 Å². The van der Waals surface area contributed by atoms with E-state index in [0.29, 0.717) is 16.8 Å². The van der Waals surface area contributed by atoms with Crippen molar-refractivity contribution in [3.63, 3.8) is 0 Å². The van der Waals surface area contributed by atoms with Crippen molar-refractivity contribution in [2.75, 3.05) is 11.5 Å². The summed E-state index contributed by atoms with van der Waals surface area (Å²) in [5.41, 5.74) is 4.19. The smallest absolute Gasteiger partial charge is 0.341 e. The highest BCUT2D eigenvalue weighted by molar-refractivity contribution is 7.15. The maximum absolute atomic E-state index is 13.3. The zero-order chi connectivity index (χ0) is 26.3. The molecule has 2 aromatic heterocycles. The number of fused-ring (bicyclic) bond motifs is 1. The van der Waals surface area contributed by atoms with Crippen molar-refractivity contribution in [1.82, 2.24) is 9.88 Å². The van der Waals surface area contributed by atoms with Crippen LogP contribution in [0.5, 0.6) is 0 Å². The van der Waals surface area contributed by atoms with Crippen LogP contribution in [-0.4, -0.2) is 35.0 Å². The van der Waals surface area contributed by atoms with E-state index in [1.807, 2.05) is 24.5 Å². The van der Waals surface area contributed by atoms with Gasteiger partial charge in [-0.05, 0) is 81.9 Å². The maximum Gasteiger partial charge on any atom is 0.341 e. The quantitative estimate of drug-likeness (QED) is 0.296. The summed E-state index contributed by atoms with van der Waals surface area (Å²) in [7, 11) is 0. The van der Waals surface area contributed by atoms with Gasteiger partial charge >= 0.3 is 12.0 Å². The number of carbonyl (C=O) groups excluding carboxylic acids is 4. The zero-order valence-corrected chi connectivity index (χ0v) is 21.7. The standard InChI is InChI=1S/C28H27N3O5S/c1-4-36-27(34)23-20-12-8-9-13-22(20)37-26(23)30-16(2)14-18(17(30)3)15-21-24(32)29-28(35)31(25(21)33)19-10-6-5-7-11-19/h5-7,10-11,14-15H,4,8-9,12-13H2,1-3H3,(H,29,32,35)/b21-15+. The minimum Gasteiger partial charge on any atom is -0.462 e. The number of aryl methyl sites for hydroxylation is 2. The number of anilines is 1. The number of benzene rings is 1. The van der Waals surface area contributed by atoms with Gasteiger partial charge in [-0.1, -0.05) is 18.2 Å². The van der Waals surface area contributed by atoms with E-state index in [1.165, 1.54) is 11.0 Å². The first-order chi connectivity index (χ1) is 17.8. The Hall–Kier alpha value is -3.98. The van der Waals surface area contributed by atoms with Crippen LogP contribution >= 0.6 is 11.3 Å². The summed E-state index contributed by atoms with van der Waals surface area (Å²) in [6.07, 6.45) is 5.40. The van der Waals surface area contributed by atoms with Crippen molar-refractivity contribution in [2.45, 2.75) is 46.5 Å². The summed E-state index contributed by atoms with van der Waals surface area (Å²) in [4.78, 5) is 53.7. The maximum atomic E-state index is 13.3. The van der Waals surface area contributed by atoms with Crippen LogP contribution < -0.4 is 10.2 Å². The van der Waals surface area contributed by atoms with Gasteiger partial charge in [0, 0.05) is 16.3 Å². The van der Waals surface area contributed by atoms with Crippen molar-refractivity contribution in [2.24, 2.45) is 0 Å². The van der Waals surface area contributed by atoms with Crippen molar-refractivity contribution >= 4 is 46.9 Å². The average Bonchev–Trinajstić information content (AvgIpc) is 3.38. The molecule has 1 aliphatic heterocycles. The van der Waals surface area contributed by atoms with Gasteiger partial charge in [-0.15, -0.1) is 11.3 Å². The van der Waals surface area contributed by atoms with Crippen LogP contribution in [0.4, 0.5) is 10.5 Å². The molecule has 8 nitrogen and oxygen atoms in total. The van der Waals surface area contributed by atoms with E-state index in [4.69, 9.17) is 4.74 Å². The van der Waals surface area contributed by atoms with Crippen LogP contribution in [0, 0.1) is 13.8 Å². The second-order valence-electron chi connectivity index (χ2n) is 9.07. The minimum absolute atomic E-state index is 0.139. The van der Waals surface area contributed by atoms with Crippen LogP contribution in [0.1, 0.15) is 57.5 Å². The van der Waals surface area contributed by atoms with Gasteiger partial charge in [0.25, 0.3) is 11.8 Å². The van der Waals surface area contributed by atoms with E-state index in [0.717, 1.165) is 52.5 Å². The number of barbiturate groups is 1. The van der Waals surface area contributed by atoms with Crippen LogP contribution in [0.15, 0.2) is 42.0 Å². The third-order valence-electron chi connectivity index (χ3n) is 6.72. The van der Waals surface area contributed by atoms with Crippen LogP contribution in [0.2, 0.25) is 0 Å². The van der Waals surface area contributed by atoms with E-state index >= 15 is 0 Å². The number of hydrogen-bond donors (Lipinski definition) is 1. The topological polar surface area (TPSA) is 97.7 Å². The second kappa shape index (κ2) is 9.82. The molecule has 0 atom stereocenters. The molecule has 1 aliphatic carbocycles. The molecule has 0 spiro atoms. The molecule has 3 heterocycles. The number of carbonyl (C=O) groups is 4. The lowest BCUT2D eigenvalue weighted by Gasteiger charge is -2.26. The Morgan fingerprint density at radius 2 is 1.84 bits per heavy atom. The number of thiophene rings is 1. The number of rotatable bonds is 5. The molecule has 1 fully saturated rings. The Morgan fingerprint density at radius 1 is 1.11 bits per heavy atom. The van der Waals surface area contributed by atoms with E-state index in [9.17, 15) is 19.2 Å². The molecular formula is C28H27N3O5S. The van der Waals surface area contributed by atoms with Crippen molar-refractivity contribution in [3.8, 4) is 5.00 Å². The lowest BCUT2D eigenvalue weighted by molar-refractivity contribution is -0.122. The number of ether oxygens (including phenoxy) is 1. The SMILES string of the molecule is CCOC(=O)c1c(-n2c(C)cc(/C=C3\C(=O)NC(=O)N(c4ccccc4)C3=O)c2C)sc2c1CCCC2. The van der Waals surface area contributed by atoms with Gasteiger partial charge in [0.05, 0.1) is 17.9 Å². The summed E-state index contributed by atoms with van der Waals surface area (Å²) in [6.45, 7) is 5.89. The van der Waals surface area contributed by atoms with Crippen molar-refractivity contribution in [1.29, 1.82) is 0 Å². The third-order valence-corrected chi connectivity index (χ3v) is 8.00. The number of urea groups is 1. The van der Waals surface area contributed by atoms with Gasteiger partial charge in [0.1, 0.15) is 10.6 Å². The first-order valence-corrected chi connectivity index (χ1v) is 13.1. The number of esters is 1. The van der Waals surface area contributed by atoms with Gasteiger partial charge in [0.2, 0.25) is 0 Å². The van der Waals surface area contributed by atoms with Crippen LogP contribution in [0.25, 0.3) is 11.1 Å². The first-order valence-electron chi connectivity index (χ1n) is 12.3. The minimum atomic E-state index is -0.785. The van der Waals surface area contributed by atoms with Crippen LogP contribution in [0.3, 0.4) is 0 Å². The molecule has 2 aliphatic rings. The van der Waals surface area contributed by atoms with Gasteiger partial charge in [-0.3, -0.25) is 14.9 Å². The van der Waals surface area contributed by atoms with Gasteiger partial charge < -0.3 is 9.30 Å². The van der Waals surface area contributed by atoms with E-state index in [-0.39, 0.29) is 18.1 Å². The summed E-state index contributed by atoms with van der Waals surface area (Å²) < 4.78 is 7.42. The Morgan fingerprint density at radius 3 is 2.57 bits per heavy atom. The molecular weight excluding hydrogens is 490 g/mol. The molecule has 1 saturated heterocycles. The highest BCUT2D eigenvalue weighted by Crippen LogP contribution is 2.39. The zero-order valence-electron chi connectivity index (χ0n) is 20.9. The largest absolute Gasteiger partial charge is 0.462 e. The summed E-state index contributed by atoms with van der Waals surface area (Å²) in [5, 5.41) is 3.06. The number of amides is 4. The monoisotopic (exact) mass is 517 g/mol. The van der Waals surface area contributed by atoms with Crippen LogP contribution in [-0.2, 0) is 27.2 Å². The summed E-state index contributed by atoms with van der Waals surface area (Å²) >= 11 is 1.60. The molecule has 1 aromatic carbocycles. The fraction of sp³-hybridized carbons (Fsp3) is 0.286. The Bertz CT molecular complexity index is 1460. The van der Waals surface area contributed by atoms with E-state index in [2.05, 4.69) is 5.32 Å². The predicted molar refractivity (Wildman–Crippen MR) is 141 cm³/mol. The Balaban J connectivity index is 1.59. The highest BCUT2D eigenvalue weighted by Gasteiger charge is 2.37. The van der Waals surface area contributed by atoms with Gasteiger partial charge in [0.15, 0.2) is 0 Å². The lowest BCUT2D eigenvalue weighted by atomic mass is 9.95. The number of aromatic nitrogens is 1. The number of imide groups is 2. The molecule has 0 radical (unpaired) electrons. The molecule has 3 aromatic rings. The highest BCUT2D eigenvalue weighted by atomic mass is 32.1. The van der Waals surface area contributed by atoms with Gasteiger partial charge in [-0.25, -0.2) is 14.5 Å². The molecule has 0 unspecified atom stereocenters. The molecule has 1 N–H and O–H groups in total. The molecule has 9 heteroatoms. The number of nitrogens with zero attached hydrogens (tertiary/aromatic N) is 2. The van der Waals surface area contributed by atoms with E-state index in [1.54, 1.807) is 48.6 Å². The van der Waals surface area contributed by atoms with Crippen molar-refractivity contribution < 1.29 is 23.9 Å². The summed E-state index contributed by atoms with van der Waals surface area (Å²) in [6, 6.07) is 9.56. The fourth-order valence-electron chi connectivity index (χ4n) is 4.99. The molecule has 37 heavy (non-hydrogen) atoms. The van der Waals surface area contributed by atoms with Gasteiger partial charge in [-0.2, -0.15) is 0 Å². The lowest BCUT2D eigenvalue weighted by Crippen LogP contribution is -2.54. The number of nitrogens with one attached hydrogen (secondary N) is 1. The number of para-hydroxylation sites is 1. The number of hydrogen-bond acceptors (Lipinski definition) is 6. The first kappa shape index (κ1) is 24.7. The van der Waals surface area contributed by atoms with E-state index < -0.39 is 17.8 Å². The normalized spacial score (nSPS) is 16.7. The fourth-order valence-corrected chi connectivity index (χ4v) is 6.48. The predicted octanol–water partition coefficient (Wildman–Crippen LogP) is 4.88. The molecule has 190 valence electrons. The molecule has 0 saturated carbocycles. The molecule has 5 rings (SSSR count). The second-order valence-corrected chi connectivity index (χ2v) is 10.2. The van der Waals surface area contributed by atoms with Crippen molar-refractivity contribution in [3.05, 3.63) is 74.9 Å². The third kappa shape index (κ3) is 4.29. The molecule has 0 bridgehead atoms. The Kier molecular flexibility index (Phi) is 6.55. The average molecular weight is 518 g/mol.